The average Bonchev–Trinajstić information content (AvgIpc) is 3.34. The maximum Gasteiger partial charge on any atom is 0.337 e. The van der Waals surface area contributed by atoms with Crippen molar-refractivity contribution in [2.45, 2.75) is 48.7 Å². The van der Waals surface area contributed by atoms with E-state index < -0.39 is 203 Å². The van der Waals surface area contributed by atoms with E-state index in [1.807, 2.05) is 0 Å². The molecule has 0 amide bonds. The number of hydrogen-bond acceptors (Lipinski definition) is 21. The number of carboxylic acids is 7. The Morgan fingerprint density at radius 3 is 0.722 bits per heavy atom. The van der Waals surface area contributed by atoms with Crippen LogP contribution >= 0.6 is 0 Å². The highest BCUT2D eigenvalue weighted by molar-refractivity contribution is 5.88. The largest absolute Gasteiger partial charge is 0.508 e. The van der Waals surface area contributed by atoms with Gasteiger partial charge in [-0.15, -0.1) is 0 Å². The smallest absolute Gasteiger partial charge is 0.337 e. The minimum absolute atomic E-state index is 0.302. The molecule has 21 N–H and O–H groups in total. The molecule has 0 aliphatic heterocycles. The number of aliphatic hydroxyl groups is 2. The first-order chi connectivity index (χ1) is 36.7. The van der Waals surface area contributed by atoms with Gasteiger partial charge in [0.2, 0.25) is 0 Å². The molecule has 0 bridgehead atoms. The molecule has 7 unspecified atom stereocenters. The Balaban J connectivity index is 0.000000293. The molecule has 0 aromatic heterocycles. The summed E-state index contributed by atoms with van der Waals surface area (Å²) in [6, 6.07) is 9.69. The highest BCUT2D eigenvalue weighted by Crippen LogP contribution is 2.48. The molecule has 0 aliphatic carbocycles. The molecule has 0 saturated carbocycles. The summed E-state index contributed by atoms with van der Waals surface area (Å²) in [5.41, 5.74) is -6.12. The van der Waals surface area contributed by atoms with Crippen LogP contribution in [0.25, 0.3) is 0 Å². The van der Waals surface area contributed by atoms with E-state index in [-0.39, 0.29) is 11.1 Å². The first-order valence-electron chi connectivity index (χ1n) is 22.0. The molecule has 7 atom stereocenters. The average molecular weight is 1100 g/mol. The van der Waals surface area contributed by atoms with E-state index in [1.165, 1.54) is 6.92 Å². The van der Waals surface area contributed by atoms with Crippen molar-refractivity contribution in [2.24, 2.45) is 0 Å². The Hall–Kier alpha value is -10.9. The number of benzene rings is 6. The van der Waals surface area contributed by atoms with Crippen molar-refractivity contribution in [3.05, 3.63) is 140 Å². The van der Waals surface area contributed by atoms with Gasteiger partial charge in [-0.25, -0.2) is 9.59 Å². The second-order valence-corrected chi connectivity index (χ2v) is 17.2. The molecule has 0 heterocycles. The molecular formula is C51H44O28. The minimum atomic E-state index is -2.36. The van der Waals surface area contributed by atoms with Crippen LogP contribution in [0, 0.1) is 0 Å². The van der Waals surface area contributed by atoms with E-state index in [0.717, 1.165) is 30.3 Å². The molecule has 6 aromatic carbocycles. The quantitative estimate of drug-likeness (QED) is 0.0588. The maximum atomic E-state index is 12.4. The third kappa shape index (κ3) is 12.0. The molecule has 0 aliphatic rings. The summed E-state index contributed by atoms with van der Waals surface area (Å²) >= 11 is 0. The summed E-state index contributed by atoms with van der Waals surface area (Å²) in [4.78, 5) is 83.1. The molecule has 0 radical (unpaired) electrons. The number of carbonyl (C=O) groups is 7. The van der Waals surface area contributed by atoms with Crippen LogP contribution in [0.1, 0.15) is 110 Å². The van der Waals surface area contributed by atoms with Gasteiger partial charge in [-0.3, -0.25) is 24.0 Å². The summed E-state index contributed by atoms with van der Waals surface area (Å²) in [6.07, 6.45) is -4.68. The Labute approximate surface area is 439 Å². The van der Waals surface area contributed by atoms with Gasteiger partial charge in [-0.2, -0.15) is 0 Å². The monoisotopic (exact) mass is 1100 g/mol. The number of carboxylic acid groups (broad SMARTS) is 7. The van der Waals surface area contributed by atoms with Crippen molar-refractivity contribution in [3.63, 3.8) is 0 Å². The third-order valence-corrected chi connectivity index (χ3v) is 12.3. The first-order valence-corrected chi connectivity index (χ1v) is 22.0. The maximum absolute atomic E-state index is 12.4. The zero-order valence-electron chi connectivity index (χ0n) is 39.8. The van der Waals surface area contributed by atoms with E-state index in [1.54, 1.807) is 0 Å². The van der Waals surface area contributed by atoms with Crippen molar-refractivity contribution in [1.29, 1.82) is 0 Å². The van der Waals surface area contributed by atoms with Gasteiger partial charge >= 0.3 is 41.8 Å². The molecule has 0 fully saturated rings. The van der Waals surface area contributed by atoms with Crippen molar-refractivity contribution in [2.75, 3.05) is 0 Å². The van der Waals surface area contributed by atoms with Crippen molar-refractivity contribution < 1.29 is 141 Å². The number of phenols is 12. The zero-order chi connectivity index (χ0) is 59.6. The fourth-order valence-electron chi connectivity index (χ4n) is 8.37. The van der Waals surface area contributed by atoms with Gasteiger partial charge in [0.05, 0.1) is 5.92 Å². The molecule has 6 aromatic rings. The van der Waals surface area contributed by atoms with Gasteiger partial charge in [-0.05, 0) is 43.3 Å². The lowest BCUT2D eigenvalue weighted by Crippen LogP contribution is -2.18. The van der Waals surface area contributed by atoms with Crippen LogP contribution in [-0.2, 0) is 33.6 Å². The highest BCUT2D eigenvalue weighted by atomic mass is 16.4. The Morgan fingerprint density at radius 2 is 0.481 bits per heavy atom. The standard InChI is InChI=1S/C27H24O15.C24H20O13/c1-8(24(35)36)9-2-10(16(29)5-15(9)28)21(25(37)38)11-3-12(18(31)6-17(11)30)22(26(39)40)13-4-14(23(34)27(41)42)20(33)7-19(13)32;25-8-1-2-9(14(26)3-8)19(22(32)33)10-4-11(16(28)6-15(10)27)20(23(34)35)12-5-13(21(31)24(36)37)18(30)7-17(12)29/h2-8,21-23,28-34H,1H3,(H,35,36)(H,37,38)(H,39,40)(H,41,42);1-7,19-21,25-31H,(H,32,33)(H,34,35)(H,36,37). The molecule has 0 spiro atoms. The second kappa shape index (κ2) is 22.9. The van der Waals surface area contributed by atoms with Crippen LogP contribution in [0.15, 0.2) is 78.9 Å². The van der Waals surface area contributed by atoms with E-state index in [0.29, 0.717) is 48.5 Å². The number of hydrogen-bond donors (Lipinski definition) is 21. The van der Waals surface area contributed by atoms with Crippen molar-refractivity contribution >= 4 is 41.8 Å². The fraction of sp³-hybridized carbons (Fsp3) is 0.157. The van der Waals surface area contributed by atoms with Gasteiger partial charge in [-0.1, -0.05) is 6.07 Å². The predicted molar refractivity (Wildman–Crippen MR) is 258 cm³/mol. The molecular weight excluding hydrogens is 1060 g/mol. The fourth-order valence-corrected chi connectivity index (χ4v) is 8.37. The van der Waals surface area contributed by atoms with Crippen LogP contribution in [-0.4, -0.2) is 149 Å². The number of phenolic OH excluding ortho intramolecular Hbond substituents is 12. The third-order valence-electron chi connectivity index (χ3n) is 12.3. The summed E-state index contributed by atoms with van der Waals surface area (Å²) in [6.45, 7) is 1.17. The lowest BCUT2D eigenvalue weighted by atomic mass is 9.82. The summed E-state index contributed by atoms with van der Waals surface area (Å²) in [5.74, 6) is -31.0. The van der Waals surface area contributed by atoms with Crippen LogP contribution < -0.4 is 0 Å². The van der Waals surface area contributed by atoms with Gasteiger partial charge in [0, 0.05) is 97.6 Å². The van der Waals surface area contributed by atoms with Crippen LogP contribution in [0.4, 0.5) is 0 Å². The molecule has 0 saturated heterocycles. The first kappa shape index (κ1) is 59.0. The van der Waals surface area contributed by atoms with Crippen molar-refractivity contribution in [1.82, 2.24) is 0 Å². The van der Waals surface area contributed by atoms with Gasteiger partial charge in [0.15, 0.2) is 12.2 Å². The number of rotatable bonds is 18. The molecule has 28 nitrogen and oxygen atoms in total. The molecule has 79 heavy (non-hydrogen) atoms. The van der Waals surface area contributed by atoms with Crippen molar-refractivity contribution in [3.8, 4) is 69.0 Å². The van der Waals surface area contributed by atoms with Gasteiger partial charge in [0.1, 0.15) is 92.7 Å². The van der Waals surface area contributed by atoms with Gasteiger partial charge in [0.25, 0.3) is 0 Å². The Kier molecular flexibility index (Phi) is 17.1. The molecule has 28 heteroatoms. The lowest BCUT2D eigenvalue weighted by Gasteiger charge is -2.22. The topological polar surface area (TPSA) is 544 Å². The Morgan fingerprint density at radius 1 is 0.266 bits per heavy atom. The molecule has 416 valence electrons. The zero-order valence-corrected chi connectivity index (χ0v) is 39.8. The highest BCUT2D eigenvalue weighted by Gasteiger charge is 2.38. The van der Waals surface area contributed by atoms with Crippen LogP contribution in [0.3, 0.4) is 0 Å². The van der Waals surface area contributed by atoms with E-state index in [4.69, 9.17) is 10.2 Å². The number of aliphatic carboxylic acids is 7. The minimum Gasteiger partial charge on any atom is -0.508 e. The molecule has 6 rings (SSSR count). The Bertz CT molecular complexity index is 3360. The normalized spacial score (nSPS) is 13.7. The summed E-state index contributed by atoms with van der Waals surface area (Å²) in [5, 5.41) is 210. The number of aromatic hydroxyl groups is 12. The summed E-state index contributed by atoms with van der Waals surface area (Å²) < 4.78 is 0. The van der Waals surface area contributed by atoms with E-state index in [9.17, 15) is 131 Å². The predicted octanol–water partition coefficient (Wildman–Crippen LogP) is 3.13. The van der Waals surface area contributed by atoms with Crippen LogP contribution in [0.5, 0.6) is 69.0 Å². The van der Waals surface area contributed by atoms with E-state index in [2.05, 4.69) is 0 Å². The number of aliphatic hydroxyl groups excluding tert-OH is 2. The van der Waals surface area contributed by atoms with E-state index >= 15 is 0 Å². The van der Waals surface area contributed by atoms with Gasteiger partial charge < -0.3 is 107 Å². The second-order valence-electron chi connectivity index (χ2n) is 17.2. The SMILES string of the molecule is CC(C(=O)O)c1cc(C(C(=O)O)c2cc(C(C(=O)O)c3cc(C(O)C(=O)O)c(O)cc3O)c(O)cc2O)c(O)cc1O.O=C(O)C(O)c1cc(C(C(=O)O)c2cc(C(C(=O)O)c3ccc(O)cc3O)c(O)cc2O)c(O)cc1O. The van der Waals surface area contributed by atoms with Crippen LogP contribution in [0.2, 0.25) is 0 Å². The lowest BCUT2D eigenvalue weighted by molar-refractivity contribution is -0.147. The summed E-state index contributed by atoms with van der Waals surface area (Å²) in [7, 11) is 0.